The van der Waals surface area contributed by atoms with Gasteiger partial charge in [-0.15, -0.1) is 11.3 Å². The van der Waals surface area contributed by atoms with E-state index >= 15 is 0 Å². The second kappa shape index (κ2) is 8.62. The maximum atomic E-state index is 12.2. The number of nitrogens with zero attached hydrogens (tertiary/aromatic N) is 1. The van der Waals surface area contributed by atoms with E-state index in [9.17, 15) is 14.7 Å². The number of hydrogen-bond acceptors (Lipinski definition) is 5. The standard InChI is InChI=1S/C18H22N2O4S/c1-11(2)8-13(18(22)23)9-19-16(21)15-10-20-17(25-15)12-4-6-14(24-3)7-5-12/h4-7,10-11,13H,8-9H2,1-3H3,(H,19,21)(H,22,23). The maximum absolute atomic E-state index is 12.2. The molecule has 1 unspecified atom stereocenters. The van der Waals surface area contributed by atoms with Crippen molar-refractivity contribution in [1.82, 2.24) is 10.3 Å². The molecule has 0 saturated carbocycles. The van der Waals surface area contributed by atoms with Gasteiger partial charge in [-0.2, -0.15) is 0 Å². The quantitative estimate of drug-likeness (QED) is 0.752. The summed E-state index contributed by atoms with van der Waals surface area (Å²) in [6.07, 6.45) is 2.03. The van der Waals surface area contributed by atoms with Gasteiger partial charge in [0.15, 0.2) is 0 Å². The van der Waals surface area contributed by atoms with E-state index in [0.29, 0.717) is 11.3 Å². The third-order valence-corrected chi connectivity index (χ3v) is 4.73. The summed E-state index contributed by atoms with van der Waals surface area (Å²) >= 11 is 1.27. The molecule has 0 fully saturated rings. The Morgan fingerprint density at radius 2 is 1.96 bits per heavy atom. The van der Waals surface area contributed by atoms with E-state index in [0.717, 1.165) is 16.3 Å². The lowest BCUT2D eigenvalue weighted by Gasteiger charge is -2.14. The summed E-state index contributed by atoms with van der Waals surface area (Å²) in [6.45, 7) is 4.03. The Kier molecular flexibility index (Phi) is 6.52. The molecular formula is C18H22N2O4S. The zero-order chi connectivity index (χ0) is 18.4. The first-order valence-electron chi connectivity index (χ1n) is 8.02. The van der Waals surface area contributed by atoms with Crippen LogP contribution >= 0.6 is 11.3 Å². The summed E-state index contributed by atoms with van der Waals surface area (Å²) in [6, 6.07) is 7.42. The lowest BCUT2D eigenvalue weighted by atomic mass is 9.97. The number of carbonyl (C=O) groups excluding carboxylic acids is 1. The van der Waals surface area contributed by atoms with Gasteiger partial charge in [0, 0.05) is 12.1 Å². The van der Waals surface area contributed by atoms with Crippen molar-refractivity contribution in [1.29, 1.82) is 0 Å². The fourth-order valence-corrected chi connectivity index (χ4v) is 3.23. The zero-order valence-corrected chi connectivity index (χ0v) is 15.3. The molecule has 1 aromatic heterocycles. The van der Waals surface area contributed by atoms with Crippen LogP contribution in [0, 0.1) is 11.8 Å². The molecule has 0 spiro atoms. The summed E-state index contributed by atoms with van der Waals surface area (Å²) in [5.41, 5.74) is 0.896. The van der Waals surface area contributed by atoms with E-state index in [1.807, 2.05) is 38.1 Å². The first-order chi connectivity index (χ1) is 11.9. The first kappa shape index (κ1) is 18.9. The molecule has 7 heteroatoms. The normalized spacial score (nSPS) is 12.0. The number of amides is 1. The Labute approximate surface area is 150 Å². The minimum absolute atomic E-state index is 0.113. The lowest BCUT2D eigenvalue weighted by molar-refractivity contribution is -0.142. The number of nitrogens with one attached hydrogen (secondary N) is 1. The number of ether oxygens (including phenoxy) is 1. The summed E-state index contributed by atoms with van der Waals surface area (Å²) in [7, 11) is 1.60. The van der Waals surface area contributed by atoms with Gasteiger partial charge in [0.1, 0.15) is 15.6 Å². The third-order valence-electron chi connectivity index (χ3n) is 3.68. The van der Waals surface area contributed by atoms with Crippen molar-refractivity contribution in [3.05, 3.63) is 35.3 Å². The maximum Gasteiger partial charge on any atom is 0.308 e. The zero-order valence-electron chi connectivity index (χ0n) is 14.5. The van der Waals surface area contributed by atoms with Crippen LogP contribution in [0.3, 0.4) is 0 Å². The summed E-state index contributed by atoms with van der Waals surface area (Å²) in [5, 5.41) is 12.7. The molecule has 0 aliphatic heterocycles. The van der Waals surface area contributed by atoms with Crippen LogP contribution in [0.15, 0.2) is 30.5 Å². The highest BCUT2D eigenvalue weighted by Crippen LogP contribution is 2.26. The molecule has 2 N–H and O–H groups in total. The Morgan fingerprint density at radius 1 is 1.28 bits per heavy atom. The van der Waals surface area contributed by atoms with Crippen LogP contribution in [0.25, 0.3) is 10.6 Å². The first-order valence-corrected chi connectivity index (χ1v) is 8.83. The van der Waals surface area contributed by atoms with Crippen molar-refractivity contribution in [3.63, 3.8) is 0 Å². The van der Waals surface area contributed by atoms with E-state index in [4.69, 9.17) is 4.74 Å². The second-order valence-corrected chi connectivity index (χ2v) is 7.16. The van der Waals surface area contributed by atoms with Crippen molar-refractivity contribution in [2.45, 2.75) is 20.3 Å². The molecule has 25 heavy (non-hydrogen) atoms. The molecule has 1 atom stereocenters. The Balaban J connectivity index is 2.00. The van der Waals surface area contributed by atoms with Gasteiger partial charge in [-0.05, 0) is 36.6 Å². The summed E-state index contributed by atoms with van der Waals surface area (Å²) in [5.74, 6) is -0.770. The van der Waals surface area contributed by atoms with E-state index in [1.165, 1.54) is 17.5 Å². The number of carboxylic acid groups (broad SMARTS) is 1. The van der Waals surface area contributed by atoms with Crippen molar-refractivity contribution < 1.29 is 19.4 Å². The van der Waals surface area contributed by atoms with Crippen LogP contribution in [0.2, 0.25) is 0 Å². The van der Waals surface area contributed by atoms with E-state index in [1.54, 1.807) is 7.11 Å². The second-order valence-electron chi connectivity index (χ2n) is 6.13. The molecule has 1 aromatic carbocycles. The molecule has 2 rings (SSSR count). The lowest BCUT2D eigenvalue weighted by Crippen LogP contribution is -2.33. The molecule has 134 valence electrons. The fraction of sp³-hybridized carbons (Fsp3) is 0.389. The Morgan fingerprint density at radius 3 is 2.52 bits per heavy atom. The number of carbonyl (C=O) groups is 2. The largest absolute Gasteiger partial charge is 0.497 e. The summed E-state index contributed by atoms with van der Waals surface area (Å²) < 4.78 is 5.12. The van der Waals surface area contributed by atoms with Gasteiger partial charge in [0.25, 0.3) is 5.91 Å². The number of methoxy groups -OCH3 is 1. The molecule has 0 aliphatic rings. The highest BCUT2D eigenvalue weighted by molar-refractivity contribution is 7.16. The van der Waals surface area contributed by atoms with Gasteiger partial charge in [0.05, 0.1) is 19.2 Å². The fourth-order valence-electron chi connectivity index (χ4n) is 2.39. The predicted molar refractivity (Wildman–Crippen MR) is 97.0 cm³/mol. The molecule has 0 bridgehead atoms. The van der Waals surface area contributed by atoms with Crippen molar-refractivity contribution in [2.24, 2.45) is 11.8 Å². The van der Waals surface area contributed by atoms with Crippen molar-refractivity contribution in [3.8, 4) is 16.3 Å². The minimum atomic E-state index is -0.891. The molecule has 1 amide bonds. The third kappa shape index (κ3) is 5.29. The average Bonchev–Trinajstić information content (AvgIpc) is 3.08. The molecule has 0 aliphatic carbocycles. The van der Waals surface area contributed by atoms with E-state index in [-0.39, 0.29) is 18.4 Å². The highest BCUT2D eigenvalue weighted by Gasteiger charge is 2.20. The smallest absolute Gasteiger partial charge is 0.308 e. The van der Waals surface area contributed by atoms with Gasteiger partial charge in [0.2, 0.25) is 0 Å². The van der Waals surface area contributed by atoms with Crippen molar-refractivity contribution in [2.75, 3.05) is 13.7 Å². The number of hydrogen-bond donors (Lipinski definition) is 2. The van der Waals surface area contributed by atoms with Gasteiger partial charge in [-0.1, -0.05) is 13.8 Å². The van der Waals surface area contributed by atoms with Crippen molar-refractivity contribution >= 4 is 23.2 Å². The van der Waals surface area contributed by atoms with Crippen LogP contribution in [-0.4, -0.2) is 35.6 Å². The number of rotatable bonds is 8. The molecule has 1 heterocycles. The van der Waals surface area contributed by atoms with Gasteiger partial charge in [-0.25, -0.2) is 4.98 Å². The van der Waals surface area contributed by atoms with Gasteiger partial charge >= 0.3 is 5.97 Å². The van der Waals surface area contributed by atoms with Gasteiger partial charge in [-0.3, -0.25) is 9.59 Å². The van der Waals surface area contributed by atoms with E-state index in [2.05, 4.69) is 10.3 Å². The number of carboxylic acids is 1. The number of thiazole rings is 1. The minimum Gasteiger partial charge on any atom is -0.497 e. The van der Waals surface area contributed by atoms with Crippen LogP contribution in [-0.2, 0) is 4.79 Å². The van der Waals surface area contributed by atoms with Crippen LogP contribution in [0.1, 0.15) is 29.9 Å². The number of aliphatic carboxylic acids is 1. The molecule has 2 aromatic rings. The molecule has 0 radical (unpaired) electrons. The van der Waals surface area contributed by atoms with E-state index < -0.39 is 11.9 Å². The topological polar surface area (TPSA) is 88.5 Å². The molecule has 6 nitrogen and oxygen atoms in total. The summed E-state index contributed by atoms with van der Waals surface area (Å²) in [4.78, 5) is 28.2. The SMILES string of the molecule is COc1ccc(-c2ncc(C(=O)NCC(CC(C)C)C(=O)O)s2)cc1. The predicted octanol–water partition coefficient (Wildman–Crippen LogP) is 3.30. The van der Waals surface area contributed by atoms with Gasteiger partial charge < -0.3 is 15.2 Å². The highest BCUT2D eigenvalue weighted by atomic mass is 32.1. The Hall–Kier alpha value is -2.41. The Bertz CT molecular complexity index is 725. The molecular weight excluding hydrogens is 340 g/mol. The molecule has 0 saturated heterocycles. The van der Waals surface area contributed by atoms with Crippen LogP contribution in [0.4, 0.5) is 0 Å². The number of aromatic nitrogens is 1. The van der Waals surface area contributed by atoms with Crippen LogP contribution in [0.5, 0.6) is 5.75 Å². The monoisotopic (exact) mass is 362 g/mol. The average molecular weight is 362 g/mol. The van der Waals surface area contributed by atoms with Crippen LogP contribution < -0.4 is 10.1 Å². The number of benzene rings is 1.